The van der Waals surface area contributed by atoms with Crippen LogP contribution in [0.3, 0.4) is 0 Å². The van der Waals surface area contributed by atoms with Crippen LogP contribution in [-0.2, 0) is 6.42 Å². The molecule has 0 spiro atoms. The Bertz CT molecular complexity index is 901. The number of hydrogen-bond acceptors (Lipinski definition) is 5. The lowest BCUT2D eigenvalue weighted by Crippen LogP contribution is -2.18. The van der Waals surface area contributed by atoms with E-state index in [2.05, 4.69) is 15.2 Å². The van der Waals surface area contributed by atoms with E-state index in [1.54, 1.807) is 18.5 Å². The number of pyridine rings is 1. The average molecular weight is 337 g/mol. The number of hydrogen-bond donors (Lipinski definition) is 2. The van der Waals surface area contributed by atoms with Crippen LogP contribution in [0.15, 0.2) is 36.7 Å². The van der Waals surface area contributed by atoms with Crippen molar-refractivity contribution in [2.24, 2.45) is 0 Å². The minimum Gasteiger partial charge on any atom is -0.507 e. The molecule has 0 aliphatic rings. The Morgan fingerprint density at radius 1 is 1.08 bits per heavy atom. The molecule has 0 aliphatic heterocycles. The van der Waals surface area contributed by atoms with Crippen LogP contribution in [0, 0.1) is 6.92 Å². The van der Waals surface area contributed by atoms with Crippen molar-refractivity contribution in [1.82, 2.24) is 15.2 Å². The van der Waals surface area contributed by atoms with Gasteiger partial charge in [-0.3, -0.25) is 4.98 Å². The van der Waals surface area contributed by atoms with Gasteiger partial charge in [0.25, 0.3) is 0 Å². The maximum Gasteiger partial charge on any atom is 0.125 e. The summed E-state index contributed by atoms with van der Waals surface area (Å²) in [6.45, 7) is 5.55. The van der Waals surface area contributed by atoms with Crippen LogP contribution in [0.4, 0.5) is 0 Å². The molecule has 3 rings (SSSR count). The fourth-order valence-electron chi connectivity index (χ4n) is 2.96. The number of benzene rings is 1. The van der Waals surface area contributed by atoms with Gasteiger partial charge in [0, 0.05) is 28.7 Å². The molecule has 0 saturated heterocycles. The Morgan fingerprint density at radius 2 is 1.88 bits per heavy atom. The summed E-state index contributed by atoms with van der Waals surface area (Å²) in [6.07, 6.45) is 5.74. The third-order valence-electron chi connectivity index (χ3n) is 4.27. The highest BCUT2D eigenvalue weighted by Crippen LogP contribution is 2.33. The second kappa shape index (κ2) is 6.76. The Morgan fingerprint density at radius 3 is 2.60 bits per heavy atom. The molecule has 0 aliphatic carbocycles. The van der Waals surface area contributed by atoms with Crippen molar-refractivity contribution in [3.8, 4) is 17.0 Å². The zero-order valence-electron chi connectivity index (χ0n) is 14.8. The first-order valence-corrected chi connectivity index (χ1v) is 8.47. The fourth-order valence-corrected chi connectivity index (χ4v) is 2.96. The third kappa shape index (κ3) is 3.94. The van der Waals surface area contributed by atoms with Gasteiger partial charge in [-0.25, -0.2) is 0 Å². The van der Waals surface area contributed by atoms with Crippen molar-refractivity contribution in [3.05, 3.63) is 47.9 Å². The van der Waals surface area contributed by atoms with Gasteiger partial charge in [-0.1, -0.05) is 6.07 Å². The number of aryl methyl sites for hydroxylation is 2. The molecule has 130 valence electrons. The van der Waals surface area contributed by atoms with Crippen molar-refractivity contribution < 1.29 is 10.2 Å². The molecule has 0 atom stereocenters. The Hall–Kier alpha value is -2.53. The number of aliphatic hydroxyl groups is 1. The van der Waals surface area contributed by atoms with E-state index >= 15 is 0 Å². The lowest BCUT2D eigenvalue weighted by atomic mass is 9.98. The lowest BCUT2D eigenvalue weighted by Gasteiger charge is -2.16. The van der Waals surface area contributed by atoms with Crippen molar-refractivity contribution in [2.75, 3.05) is 0 Å². The molecule has 2 heterocycles. The minimum absolute atomic E-state index is 0.196. The van der Waals surface area contributed by atoms with Gasteiger partial charge in [-0.05, 0) is 63.8 Å². The number of phenols is 1. The molecule has 0 radical (unpaired) electrons. The highest BCUT2D eigenvalue weighted by Gasteiger charge is 2.16. The largest absolute Gasteiger partial charge is 0.507 e. The van der Waals surface area contributed by atoms with Crippen molar-refractivity contribution in [2.45, 2.75) is 45.6 Å². The first-order valence-electron chi connectivity index (χ1n) is 8.47. The zero-order chi connectivity index (χ0) is 18.0. The highest BCUT2D eigenvalue weighted by atomic mass is 16.3. The monoisotopic (exact) mass is 337 g/mol. The van der Waals surface area contributed by atoms with Gasteiger partial charge in [0.05, 0.1) is 11.3 Å². The van der Waals surface area contributed by atoms with Gasteiger partial charge in [-0.2, -0.15) is 5.10 Å². The van der Waals surface area contributed by atoms with E-state index < -0.39 is 5.60 Å². The Balaban J connectivity index is 2.01. The summed E-state index contributed by atoms with van der Waals surface area (Å²) in [7, 11) is 0. The van der Waals surface area contributed by atoms with Crippen LogP contribution in [-0.4, -0.2) is 31.0 Å². The van der Waals surface area contributed by atoms with Crippen molar-refractivity contribution >= 4 is 10.8 Å². The van der Waals surface area contributed by atoms with Crippen molar-refractivity contribution in [1.29, 1.82) is 0 Å². The maximum absolute atomic E-state index is 10.3. The number of nitrogens with zero attached hydrogens (tertiary/aromatic N) is 3. The predicted molar refractivity (Wildman–Crippen MR) is 98.4 cm³/mol. The summed E-state index contributed by atoms with van der Waals surface area (Å²) in [5.41, 5.74) is 2.49. The normalized spacial score (nSPS) is 11.8. The topological polar surface area (TPSA) is 79.1 Å². The Kier molecular flexibility index (Phi) is 4.68. The quantitative estimate of drug-likeness (QED) is 0.740. The zero-order valence-corrected chi connectivity index (χ0v) is 14.8. The van der Waals surface area contributed by atoms with Crippen LogP contribution in [0.25, 0.3) is 22.0 Å². The summed E-state index contributed by atoms with van der Waals surface area (Å²) in [4.78, 5) is 4.22. The summed E-state index contributed by atoms with van der Waals surface area (Å²) >= 11 is 0. The number of fused-ring (bicyclic) bond motifs is 1. The van der Waals surface area contributed by atoms with Crippen LogP contribution in [0.5, 0.6) is 5.75 Å². The summed E-state index contributed by atoms with van der Waals surface area (Å²) in [6, 6.07) is 7.43. The fraction of sp³-hybridized carbons (Fsp3) is 0.350. The molecule has 0 saturated carbocycles. The SMILES string of the molecule is Cc1ccc(-c2nnc(CCCC(C)(C)O)c3cnccc23)c(O)c1. The molecule has 25 heavy (non-hydrogen) atoms. The predicted octanol–water partition coefficient (Wildman–Crippen LogP) is 3.80. The van der Waals surface area contributed by atoms with Crippen LogP contribution >= 0.6 is 0 Å². The van der Waals surface area contributed by atoms with Crippen LogP contribution in [0.2, 0.25) is 0 Å². The number of aromatic nitrogens is 3. The van der Waals surface area contributed by atoms with E-state index in [0.717, 1.165) is 34.9 Å². The van der Waals surface area contributed by atoms with E-state index in [1.807, 2.05) is 39.0 Å². The average Bonchev–Trinajstić information content (AvgIpc) is 2.54. The van der Waals surface area contributed by atoms with E-state index in [4.69, 9.17) is 0 Å². The smallest absolute Gasteiger partial charge is 0.125 e. The molecule has 2 N–H and O–H groups in total. The van der Waals surface area contributed by atoms with Gasteiger partial charge in [-0.15, -0.1) is 5.10 Å². The molecule has 0 bridgehead atoms. The molecule has 0 amide bonds. The van der Waals surface area contributed by atoms with E-state index in [-0.39, 0.29) is 5.75 Å². The van der Waals surface area contributed by atoms with E-state index in [9.17, 15) is 10.2 Å². The molecule has 3 aromatic rings. The molecule has 0 fully saturated rings. The summed E-state index contributed by atoms with van der Waals surface area (Å²) < 4.78 is 0. The molecule has 2 aromatic heterocycles. The van der Waals surface area contributed by atoms with Gasteiger partial charge in [0.2, 0.25) is 0 Å². The number of phenolic OH excluding ortho intramolecular Hbond substituents is 1. The van der Waals surface area contributed by atoms with Crippen LogP contribution < -0.4 is 0 Å². The van der Waals surface area contributed by atoms with E-state index in [0.29, 0.717) is 17.7 Å². The van der Waals surface area contributed by atoms with Gasteiger partial charge in [0.1, 0.15) is 11.4 Å². The molecule has 0 unspecified atom stereocenters. The van der Waals surface area contributed by atoms with Gasteiger partial charge < -0.3 is 10.2 Å². The van der Waals surface area contributed by atoms with Crippen LogP contribution in [0.1, 0.15) is 37.9 Å². The standard InChI is InChI=1S/C20H23N3O2/c1-13-6-7-15(18(24)11-13)19-14-8-10-21-12-16(14)17(22-23-19)5-4-9-20(2,3)25/h6-8,10-12,24-25H,4-5,9H2,1-3H3. The first kappa shape index (κ1) is 17.3. The van der Waals surface area contributed by atoms with Gasteiger partial charge >= 0.3 is 0 Å². The second-order valence-corrected chi connectivity index (χ2v) is 7.10. The molecular formula is C20H23N3O2. The molecule has 5 nitrogen and oxygen atoms in total. The second-order valence-electron chi connectivity index (χ2n) is 7.10. The molecule has 5 heteroatoms. The lowest BCUT2D eigenvalue weighted by molar-refractivity contribution is 0.0689. The van der Waals surface area contributed by atoms with E-state index in [1.165, 1.54) is 0 Å². The maximum atomic E-state index is 10.3. The number of rotatable bonds is 5. The highest BCUT2D eigenvalue weighted by molar-refractivity contribution is 5.96. The van der Waals surface area contributed by atoms with Gasteiger partial charge in [0.15, 0.2) is 0 Å². The Labute approximate surface area is 147 Å². The van der Waals surface area contributed by atoms with Crippen molar-refractivity contribution in [3.63, 3.8) is 0 Å². The summed E-state index contributed by atoms with van der Waals surface area (Å²) in [5.74, 6) is 0.196. The number of aromatic hydroxyl groups is 1. The minimum atomic E-state index is -0.685. The third-order valence-corrected chi connectivity index (χ3v) is 4.27. The first-order chi connectivity index (χ1) is 11.8. The molecule has 1 aromatic carbocycles. The molecular weight excluding hydrogens is 314 g/mol. The summed E-state index contributed by atoms with van der Waals surface area (Å²) in [5, 5.41) is 30.8.